The van der Waals surface area contributed by atoms with Crippen LogP contribution in [0.5, 0.6) is 0 Å². The molecule has 0 N–H and O–H groups in total. The molecular formula is C9H16NO2+. The summed E-state index contributed by atoms with van der Waals surface area (Å²) in [6.07, 6.45) is 4.96. The zero-order valence-corrected chi connectivity index (χ0v) is 7.75. The van der Waals surface area contributed by atoms with E-state index in [0.717, 1.165) is 24.2 Å². The molecule has 3 nitrogen and oxygen atoms in total. The molecule has 1 fully saturated rings. The summed E-state index contributed by atoms with van der Waals surface area (Å²) in [5, 5.41) is 0. The lowest BCUT2D eigenvalue weighted by Crippen LogP contribution is -2.53. The van der Waals surface area contributed by atoms with Crippen LogP contribution in [0, 0.1) is 12.3 Å². The lowest BCUT2D eigenvalue weighted by Gasteiger charge is -2.37. The van der Waals surface area contributed by atoms with Crippen LogP contribution in [0.1, 0.15) is 0 Å². The van der Waals surface area contributed by atoms with Gasteiger partial charge in [0.05, 0.1) is 20.7 Å². The summed E-state index contributed by atoms with van der Waals surface area (Å²) in [5.41, 5.74) is 0. The number of quaternary nitrogens is 1. The predicted molar refractivity (Wildman–Crippen MR) is 46.4 cm³/mol. The van der Waals surface area contributed by atoms with E-state index in [2.05, 4.69) is 20.0 Å². The molecule has 0 aliphatic carbocycles. The van der Waals surface area contributed by atoms with Crippen molar-refractivity contribution in [2.75, 3.05) is 40.4 Å². The van der Waals surface area contributed by atoms with Crippen molar-refractivity contribution in [3.63, 3.8) is 0 Å². The second-order valence-electron chi connectivity index (χ2n) is 3.66. The SMILES string of the molecule is C#CCOC1C[N+](C)(C)CCO1. The second kappa shape index (κ2) is 3.90. The number of hydrogen-bond donors (Lipinski definition) is 0. The number of hydrogen-bond acceptors (Lipinski definition) is 2. The number of rotatable bonds is 2. The smallest absolute Gasteiger partial charge is 0.208 e. The van der Waals surface area contributed by atoms with Crippen LogP contribution in [0.15, 0.2) is 0 Å². The van der Waals surface area contributed by atoms with Gasteiger partial charge in [0, 0.05) is 0 Å². The standard InChI is InChI=1S/C9H16NO2/c1-4-6-11-9-8-10(2,3)5-7-12-9/h1,9H,5-8H2,2-3H3/q+1. The van der Waals surface area contributed by atoms with Crippen LogP contribution in [0.25, 0.3) is 0 Å². The van der Waals surface area contributed by atoms with E-state index in [-0.39, 0.29) is 6.29 Å². The fraction of sp³-hybridized carbons (Fsp3) is 0.778. The minimum Gasteiger partial charge on any atom is -0.342 e. The third-order valence-corrected chi connectivity index (χ3v) is 2.00. The van der Waals surface area contributed by atoms with Crippen molar-refractivity contribution in [1.82, 2.24) is 0 Å². The van der Waals surface area contributed by atoms with E-state index in [1.807, 2.05) is 0 Å². The van der Waals surface area contributed by atoms with Crippen molar-refractivity contribution in [3.8, 4) is 12.3 Å². The molecule has 1 saturated heterocycles. The number of morpholine rings is 1. The zero-order valence-electron chi connectivity index (χ0n) is 7.75. The molecule has 1 atom stereocenters. The number of likely N-dealkylation sites (N-methyl/N-ethyl adjacent to an activating group) is 1. The Balaban J connectivity index is 2.32. The molecule has 0 radical (unpaired) electrons. The Labute approximate surface area is 73.8 Å². The van der Waals surface area contributed by atoms with Gasteiger partial charge in [-0.1, -0.05) is 5.92 Å². The summed E-state index contributed by atoms with van der Waals surface area (Å²) in [7, 11) is 4.32. The van der Waals surface area contributed by atoms with Crippen LogP contribution in [0.3, 0.4) is 0 Å². The van der Waals surface area contributed by atoms with Gasteiger partial charge in [-0.2, -0.15) is 0 Å². The molecular weight excluding hydrogens is 154 g/mol. The highest BCUT2D eigenvalue weighted by atomic mass is 16.7. The van der Waals surface area contributed by atoms with Gasteiger partial charge in [0.25, 0.3) is 0 Å². The van der Waals surface area contributed by atoms with Crippen LogP contribution in [-0.2, 0) is 9.47 Å². The molecule has 0 aromatic carbocycles. The molecule has 0 aromatic rings. The first-order chi connectivity index (χ1) is 5.64. The van der Waals surface area contributed by atoms with Crippen molar-refractivity contribution in [2.45, 2.75) is 6.29 Å². The highest BCUT2D eigenvalue weighted by molar-refractivity contribution is 4.83. The van der Waals surface area contributed by atoms with Gasteiger partial charge in [-0.15, -0.1) is 6.42 Å². The Bertz CT molecular complexity index is 183. The zero-order chi connectivity index (χ0) is 9.03. The van der Waals surface area contributed by atoms with Crippen LogP contribution < -0.4 is 0 Å². The van der Waals surface area contributed by atoms with Gasteiger partial charge in [-0.3, -0.25) is 0 Å². The molecule has 1 unspecified atom stereocenters. The first-order valence-corrected chi connectivity index (χ1v) is 4.13. The second-order valence-corrected chi connectivity index (χ2v) is 3.66. The van der Waals surface area contributed by atoms with E-state index in [9.17, 15) is 0 Å². The highest BCUT2D eigenvalue weighted by Gasteiger charge is 2.28. The third-order valence-electron chi connectivity index (χ3n) is 2.00. The number of ether oxygens (including phenoxy) is 2. The van der Waals surface area contributed by atoms with Gasteiger partial charge in [0.2, 0.25) is 6.29 Å². The summed E-state index contributed by atoms with van der Waals surface area (Å²) in [6.45, 7) is 3.00. The molecule has 1 heterocycles. The lowest BCUT2D eigenvalue weighted by atomic mass is 10.4. The maximum absolute atomic E-state index is 5.38. The fourth-order valence-corrected chi connectivity index (χ4v) is 1.22. The van der Waals surface area contributed by atoms with E-state index >= 15 is 0 Å². The molecule has 0 aromatic heterocycles. The van der Waals surface area contributed by atoms with Gasteiger partial charge >= 0.3 is 0 Å². The Hall–Kier alpha value is -0.560. The summed E-state index contributed by atoms with van der Waals surface area (Å²) < 4.78 is 11.6. The fourth-order valence-electron chi connectivity index (χ4n) is 1.22. The minimum atomic E-state index is -0.121. The Kier molecular flexibility index (Phi) is 3.10. The van der Waals surface area contributed by atoms with Gasteiger partial charge in [-0.05, 0) is 0 Å². The first-order valence-electron chi connectivity index (χ1n) is 4.13. The van der Waals surface area contributed by atoms with Crippen molar-refractivity contribution in [3.05, 3.63) is 0 Å². The van der Waals surface area contributed by atoms with Crippen molar-refractivity contribution < 1.29 is 14.0 Å². The van der Waals surface area contributed by atoms with Gasteiger partial charge in [0.1, 0.15) is 19.7 Å². The first kappa shape index (κ1) is 9.53. The van der Waals surface area contributed by atoms with Crippen LogP contribution >= 0.6 is 0 Å². The van der Waals surface area contributed by atoms with E-state index < -0.39 is 0 Å². The lowest BCUT2D eigenvalue weighted by molar-refractivity contribution is -0.905. The molecule has 0 bridgehead atoms. The molecule has 1 aliphatic rings. The van der Waals surface area contributed by atoms with Crippen LogP contribution in [-0.4, -0.2) is 51.2 Å². The molecule has 1 aliphatic heterocycles. The topological polar surface area (TPSA) is 18.5 Å². The van der Waals surface area contributed by atoms with E-state index in [1.54, 1.807) is 0 Å². The Morgan fingerprint density at radius 1 is 1.67 bits per heavy atom. The van der Waals surface area contributed by atoms with Crippen molar-refractivity contribution >= 4 is 0 Å². The summed E-state index contributed by atoms with van der Waals surface area (Å²) >= 11 is 0. The summed E-state index contributed by atoms with van der Waals surface area (Å²) in [6, 6.07) is 0. The Morgan fingerprint density at radius 3 is 3.00 bits per heavy atom. The predicted octanol–water partition coefficient (Wildman–Crippen LogP) is 0.0689. The van der Waals surface area contributed by atoms with Gasteiger partial charge in [-0.25, -0.2) is 0 Å². The number of terminal acetylenes is 1. The molecule has 0 saturated carbocycles. The summed E-state index contributed by atoms with van der Waals surface area (Å²) in [5.74, 6) is 2.43. The van der Waals surface area contributed by atoms with Gasteiger partial charge < -0.3 is 14.0 Å². The quantitative estimate of drug-likeness (QED) is 0.431. The van der Waals surface area contributed by atoms with E-state index in [1.165, 1.54) is 0 Å². The van der Waals surface area contributed by atoms with E-state index in [0.29, 0.717) is 6.61 Å². The molecule has 3 heteroatoms. The Morgan fingerprint density at radius 2 is 2.42 bits per heavy atom. The molecule has 68 valence electrons. The molecule has 0 spiro atoms. The van der Waals surface area contributed by atoms with Gasteiger partial charge in [0.15, 0.2) is 0 Å². The maximum Gasteiger partial charge on any atom is 0.208 e. The van der Waals surface area contributed by atoms with Crippen molar-refractivity contribution in [2.24, 2.45) is 0 Å². The normalized spacial score (nSPS) is 27.9. The number of nitrogens with zero attached hydrogens (tertiary/aromatic N) is 1. The maximum atomic E-state index is 5.38. The monoisotopic (exact) mass is 170 g/mol. The van der Waals surface area contributed by atoms with Crippen LogP contribution in [0.4, 0.5) is 0 Å². The van der Waals surface area contributed by atoms with Crippen molar-refractivity contribution in [1.29, 1.82) is 0 Å². The average molecular weight is 170 g/mol. The summed E-state index contributed by atoms with van der Waals surface area (Å²) in [4.78, 5) is 0. The molecule has 0 amide bonds. The average Bonchev–Trinajstić information content (AvgIpc) is 1.99. The molecule has 12 heavy (non-hydrogen) atoms. The minimum absolute atomic E-state index is 0.121. The third kappa shape index (κ3) is 2.82. The van der Waals surface area contributed by atoms with E-state index in [4.69, 9.17) is 15.9 Å². The van der Waals surface area contributed by atoms with Crippen LogP contribution in [0.2, 0.25) is 0 Å². The largest absolute Gasteiger partial charge is 0.342 e. The molecule has 1 rings (SSSR count). The highest BCUT2D eigenvalue weighted by Crippen LogP contribution is 2.10.